The second-order valence-corrected chi connectivity index (χ2v) is 5.57. The van der Waals surface area contributed by atoms with Gasteiger partial charge >= 0.3 is 0 Å². The van der Waals surface area contributed by atoms with Crippen LogP contribution >= 0.6 is 15.9 Å². The fourth-order valence-corrected chi connectivity index (χ4v) is 1.02. The van der Waals surface area contributed by atoms with Gasteiger partial charge in [0.05, 0.1) is 10.9 Å². The van der Waals surface area contributed by atoms with Crippen LogP contribution in [0.15, 0.2) is 10.6 Å². The number of aromatic nitrogens is 1. The van der Waals surface area contributed by atoms with Crippen LogP contribution < -0.4 is 5.32 Å². The van der Waals surface area contributed by atoms with Gasteiger partial charge in [-0.2, -0.15) is 0 Å². The summed E-state index contributed by atoms with van der Waals surface area (Å²) >= 11 is 3.27. The summed E-state index contributed by atoms with van der Waals surface area (Å²) in [6.07, 6.45) is 0. The number of hydrogen-bond donors (Lipinski definition) is 1. The summed E-state index contributed by atoms with van der Waals surface area (Å²) in [5.74, 6) is 0.672. The summed E-state index contributed by atoms with van der Waals surface area (Å²) in [4.78, 5) is 11.4. The zero-order valence-corrected chi connectivity index (χ0v) is 10.0. The van der Waals surface area contributed by atoms with Crippen LogP contribution in [0.5, 0.6) is 0 Å². The van der Waals surface area contributed by atoms with Crippen LogP contribution in [0.25, 0.3) is 0 Å². The van der Waals surface area contributed by atoms with Crippen molar-refractivity contribution in [3.63, 3.8) is 0 Å². The smallest absolute Gasteiger partial charge is 0.236 e. The van der Waals surface area contributed by atoms with Crippen LogP contribution in [0.3, 0.4) is 0 Å². The van der Waals surface area contributed by atoms with Crippen LogP contribution in [-0.4, -0.2) is 15.4 Å². The van der Waals surface area contributed by atoms with E-state index in [1.54, 1.807) is 19.9 Å². The second-order valence-electron chi connectivity index (χ2n) is 3.58. The number of carbonyl (C=O) groups is 1. The van der Waals surface area contributed by atoms with Gasteiger partial charge in [-0.15, -0.1) is 0 Å². The minimum Gasteiger partial charge on any atom is -0.361 e. The largest absolute Gasteiger partial charge is 0.361 e. The Balaban J connectivity index is 2.46. The normalized spacial score (nSPS) is 11.4. The summed E-state index contributed by atoms with van der Waals surface area (Å²) in [5.41, 5.74) is 0.729. The van der Waals surface area contributed by atoms with Crippen LogP contribution in [0.2, 0.25) is 0 Å². The van der Waals surface area contributed by atoms with Crippen LogP contribution in [0.4, 0.5) is 0 Å². The molecule has 0 aliphatic carbocycles. The Labute approximate surface area is 91.2 Å². The molecule has 5 heteroatoms. The zero-order chi connectivity index (χ0) is 10.8. The van der Waals surface area contributed by atoms with Gasteiger partial charge in [0.25, 0.3) is 0 Å². The van der Waals surface area contributed by atoms with Crippen LogP contribution in [-0.2, 0) is 11.3 Å². The Morgan fingerprint density at radius 3 is 2.79 bits per heavy atom. The Morgan fingerprint density at radius 1 is 1.71 bits per heavy atom. The van der Waals surface area contributed by atoms with Crippen LogP contribution in [0, 0.1) is 6.92 Å². The van der Waals surface area contributed by atoms with E-state index in [1.807, 2.05) is 6.92 Å². The van der Waals surface area contributed by atoms with Gasteiger partial charge in [0.1, 0.15) is 11.5 Å². The Kier molecular flexibility index (Phi) is 3.31. The summed E-state index contributed by atoms with van der Waals surface area (Å²) in [7, 11) is 0. The molecular formula is C9H13BrN2O2. The first-order chi connectivity index (χ1) is 6.39. The van der Waals surface area contributed by atoms with Gasteiger partial charge in [0, 0.05) is 6.07 Å². The maximum atomic E-state index is 11.4. The first kappa shape index (κ1) is 11.2. The van der Waals surface area contributed by atoms with Crippen molar-refractivity contribution in [1.29, 1.82) is 0 Å². The fraction of sp³-hybridized carbons (Fsp3) is 0.556. The first-order valence-electron chi connectivity index (χ1n) is 4.29. The summed E-state index contributed by atoms with van der Waals surface area (Å²) < 4.78 is 4.32. The molecule has 1 N–H and O–H groups in total. The molecule has 0 bridgehead atoms. The molecule has 1 rings (SSSR count). The van der Waals surface area contributed by atoms with Gasteiger partial charge in [-0.25, -0.2) is 0 Å². The monoisotopic (exact) mass is 260 g/mol. The van der Waals surface area contributed by atoms with Crippen molar-refractivity contribution in [2.24, 2.45) is 0 Å². The molecule has 0 spiro atoms. The highest BCUT2D eigenvalue weighted by Gasteiger charge is 2.23. The lowest BCUT2D eigenvalue weighted by Crippen LogP contribution is -2.37. The van der Waals surface area contributed by atoms with Gasteiger partial charge in [0.2, 0.25) is 5.91 Å². The van der Waals surface area contributed by atoms with E-state index >= 15 is 0 Å². The van der Waals surface area contributed by atoms with Gasteiger partial charge in [-0.3, -0.25) is 4.79 Å². The molecule has 1 amide bonds. The SMILES string of the molecule is Cc1cc(CNC(=O)C(C)(C)Br)no1. The Bertz CT molecular complexity index is 328. The van der Waals surface area contributed by atoms with Gasteiger partial charge in [-0.05, 0) is 20.8 Å². The molecule has 1 aromatic rings. The molecule has 0 radical (unpaired) electrons. The molecule has 0 aliphatic rings. The molecule has 78 valence electrons. The number of amides is 1. The predicted molar refractivity (Wildman–Crippen MR) is 56.1 cm³/mol. The quantitative estimate of drug-likeness (QED) is 0.843. The number of rotatable bonds is 3. The van der Waals surface area contributed by atoms with E-state index in [1.165, 1.54) is 0 Å². The molecule has 0 aliphatic heterocycles. The van der Waals surface area contributed by atoms with Crippen molar-refractivity contribution >= 4 is 21.8 Å². The average molecular weight is 261 g/mol. The third-order valence-electron chi connectivity index (χ3n) is 1.65. The highest BCUT2D eigenvalue weighted by atomic mass is 79.9. The number of alkyl halides is 1. The number of hydrogen-bond acceptors (Lipinski definition) is 3. The molecule has 14 heavy (non-hydrogen) atoms. The third kappa shape index (κ3) is 3.14. The van der Waals surface area contributed by atoms with E-state index in [4.69, 9.17) is 4.52 Å². The molecule has 0 saturated heterocycles. The topological polar surface area (TPSA) is 55.1 Å². The number of aryl methyl sites for hydroxylation is 1. The highest BCUT2D eigenvalue weighted by Crippen LogP contribution is 2.15. The van der Waals surface area contributed by atoms with Crippen molar-refractivity contribution in [2.75, 3.05) is 0 Å². The zero-order valence-electron chi connectivity index (χ0n) is 8.43. The van der Waals surface area contributed by atoms with E-state index in [2.05, 4.69) is 26.4 Å². The fourth-order valence-electron chi connectivity index (χ4n) is 0.882. The second kappa shape index (κ2) is 4.13. The minimum atomic E-state index is -0.550. The maximum Gasteiger partial charge on any atom is 0.236 e. The van der Waals surface area contributed by atoms with Crippen LogP contribution in [0.1, 0.15) is 25.3 Å². The maximum absolute atomic E-state index is 11.4. The van der Waals surface area contributed by atoms with Crippen molar-refractivity contribution < 1.29 is 9.32 Å². The summed E-state index contributed by atoms with van der Waals surface area (Å²) in [6.45, 7) is 5.78. The van der Waals surface area contributed by atoms with E-state index in [0.29, 0.717) is 6.54 Å². The van der Waals surface area contributed by atoms with Crippen molar-refractivity contribution in [1.82, 2.24) is 10.5 Å². The third-order valence-corrected chi connectivity index (χ3v) is 2.01. The number of halogens is 1. The minimum absolute atomic E-state index is 0.0712. The molecule has 0 atom stereocenters. The van der Waals surface area contributed by atoms with Gasteiger partial charge < -0.3 is 9.84 Å². The first-order valence-corrected chi connectivity index (χ1v) is 5.08. The number of nitrogens with zero attached hydrogens (tertiary/aromatic N) is 1. The van der Waals surface area contributed by atoms with E-state index in [9.17, 15) is 4.79 Å². The molecular weight excluding hydrogens is 248 g/mol. The van der Waals surface area contributed by atoms with E-state index < -0.39 is 4.32 Å². The Hall–Kier alpha value is -0.840. The number of carbonyl (C=O) groups excluding carboxylic acids is 1. The van der Waals surface area contributed by atoms with Crippen molar-refractivity contribution in [2.45, 2.75) is 31.6 Å². The lowest BCUT2D eigenvalue weighted by molar-refractivity contribution is -0.122. The lowest BCUT2D eigenvalue weighted by Gasteiger charge is -2.14. The van der Waals surface area contributed by atoms with Gasteiger partial charge in [0.15, 0.2) is 0 Å². The van der Waals surface area contributed by atoms with E-state index in [0.717, 1.165) is 11.5 Å². The lowest BCUT2D eigenvalue weighted by atomic mass is 10.2. The summed E-state index contributed by atoms with van der Waals surface area (Å²) in [5, 5.41) is 6.51. The Morgan fingerprint density at radius 2 is 2.36 bits per heavy atom. The standard InChI is InChI=1S/C9H13BrN2O2/c1-6-4-7(12-14-6)5-11-8(13)9(2,3)10/h4H,5H2,1-3H3,(H,11,13). The summed E-state index contributed by atoms with van der Waals surface area (Å²) in [6, 6.07) is 1.79. The number of nitrogens with one attached hydrogen (secondary N) is 1. The highest BCUT2D eigenvalue weighted by molar-refractivity contribution is 9.10. The predicted octanol–water partition coefficient (Wildman–Crippen LogP) is 1.77. The van der Waals surface area contributed by atoms with Gasteiger partial charge in [-0.1, -0.05) is 21.1 Å². The van der Waals surface area contributed by atoms with Crippen molar-refractivity contribution in [3.8, 4) is 0 Å². The molecule has 0 fully saturated rings. The molecule has 0 aromatic carbocycles. The molecule has 1 heterocycles. The molecule has 4 nitrogen and oxygen atoms in total. The average Bonchev–Trinajstić information content (AvgIpc) is 2.45. The van der Waals surface area contributed by atoms with Crippen molar-refractivity contribution in [3.05, 3.63) is 17.5 Å². The molecule has 0 saturated carbocycles. The molecule has 1 aromatic heterocycles. The van der Waals surface area contributed by atoms with E-state index in [-0.39, 0.29) is 5.91 Å². The molecule has 0 unspecified atom stereocenters.